The van der Waals surface area contributed by atoms with Crippen LogP contribution in [0.3, 0.4) is 0 Å². The minimum Gasteiger partial charge on any atom is -0.374 e. The van der Waals surface area contributed by atoms with Gasteiger partial charge < -0.3 is 15.0 Å². The molecule has 1 aromatic rings. The van der Waals surface area contributed by atoms with Crippen LogP contribution in [0.4, 0.5) is 14.6 Å². The third kappa shape index (κ3) is 5.56. The molecule has 0 atom stereocenters. The van der Waals surface area contributed by atoms with E-state index in [4.69, 9.17) is 0 Å². The van der Waals surface area contributed by atoms with Crippen LogP contribution in [-0.2, 0) is 4.74 Å². The van der Waals surface area contributed by atoms with Gasteiger partial charge in [-0.05, 0) is 12.1 Å². The van der Waals surface area contributed by atoms with Gasteiger partial charge in [-0.25, -0.2) is 8.78 Å². The number of nitrogens with one attached hydrogen (secondary N) is 1. The van der Waals surface area contributed by atoms with E-state index in [1.54, 1.807) is 20.2 Å². The maximum atomic E-state index is 11.8. The number of hydrogen-bond acceptors (Lipinski definition) is 5. The zero-order valence-electron chi connectivity index (χ0n) is 10.8. The minimum absolute atomic E-state index is 0.143. The number of carbonyl (C=O) groups is 1. The van der Waals surface area contributed by atoms with Crippen molar-refractivity contribution in [1.82, 2.24) is 15.1 Å². The molecular weight excluding hydrogens is 258 g/mol. The highest BCUT2D eigenvalue weighted by Crippen LogP contribution is 2.03. The summed E-state index contributed by atoms with van der Waals surface area (Å²) >= 11 is 0. The Morgan fingerprint density at radius 1 is 1.42 bits per heavy atom. The van der Waals surface area contributed by atoms with Crippen LogP contribution in [0.15, 0.2) is 12.1 Å². The largest absolute Gasteiger partial charge is 0.374 e. The summed E-state index contributed by atoms with van der Waals surface area (Å²) in [6.45, 7) is -0.101. The molecule has 6 nitrogen and oxygen atoms in total. The first kappa shape index (κ1) is 15.2. The van der Waals surface area contributed by atoms with Crippen molar-refractivity contribution in [2.24, 2.45) is 0 Å². The van der Waals surface area contributed by atoms with E-state index < -0.39 is 13.0 Å². The fourth-order valence-electron chi connectivity index (χ4n) is 1.19. The number of nitrogens with zero attached hydrogens (tertiary/aromatic N) is 3. The van der Waals surface area contributed by atoms with Crippen LogP contribution in [0, 0.1) is 0 Å². The van der Waals surface area contributed by atoms with Crippen LogP contribution in [-0.4, -0.2) is 61.3 Å². The number of anilines is 1. The van der Waals surface area contributed by atoms with E-state index in [1.165, 1.54) is 11.0 Å². The topological polar surface area (TPSA) is 67.4 Å². The fraction of sp³-hybridized carbons (Fsp3) is 0.545. The van der Waals surface area contributed by atoms with Crippen molar-refractivity contribution in [3.8, 4) is 0 Å². The number of amides is 1. The Balaban J connectivity index is 2.34. The van der Waals surface area contributed by atoms with Crippen LogP contribution >= 0.6 is 0 Å². The predicted molar refractivity (Wildman–Crippen MR) is 65.4 cm³/mol. The van der Waals surface area contributed by atoms with Crippen LogP contribution in [0.1, 0.15) is 10.5 Å². The van der Waals surface area contributed by atoms with Crippen LogP contribution in [0.2, 0.25) is 0 Å². The lowest BCUT2D eigenvalue weighted by molar-refractivity contribution is 0.0214. The molecule has 1 rings (SSSR count). The Bertz CT molecular complexity index is 398. The Morgan fingerprint density at radius 2 is 2.16 bits per heavy atom. The van der Waals surface area contributed by atoms with Crippen molar-refractivity contribution in [2.45, 2.75) is 6.43 Å². The summed E-state index contributed by atoms with van der Waals surface area (Å²) in [4.78, 5) is 12.9. The fourth-order valence-corrected chi connectivity index (χ4v) is 1.19. The average Bonchev–Trinajstić information content (AvgIpc) is 2.37. The third-order valence-corrected chi connectivity index (χ3v) is 2.09. The summed E-state index contributed by atoms with van der Waals surface area (Å²) in [5.74, 6) is 0.218. The highest BCUT2D eigenvalue weighted by atomic mass is 19.3. The molecule has 106 valence electrons. The molecule has 19 heavy (non-hydrogen) atoms. The molecule has 0 radical (unpaired) electrons. The number of ether oxygens (including phenoxy) is 1. The van der Waals surface area contributed by atoms with E-state index in [0.29, 0.717) is 12.4 Å². The molecule has 1 aromatic heterocycles. The summed E-state index contributed by atoms with van der Waals surface area (Å²) in [6.07, 6.45) is -2.46. The van der Waals surface area contributed by atoms with Crippen molar-refractivity contribution in [1.29, 1.82) is 0 Å². The number of aromatic nitrogens is 2. The van der Waals surface area contributed by atoms with Gasteiger partial charge >= 0.3 is 0 Å². The lowest BCUT2D eigenvalue weighted by Crippen LogP contribution is -2.23. The third-order valence-electron chi connectivity index (χ3n) is 2.09. The number of rotatable bonds is 7. The number of hydrogen-bond donors (Lipinski definition) is 1. The van der Waals surface area contributed by atoms with Gasteiger partial charge in [0.1, 0.15) is 12.4 Å². The summed E-state index contributed by atoms with van der Waals surface area (Å²) in [7, 11) is 3.24. The predicted octanol–water partition coefficient (Wildman–Crippen LogP) is 0.872. The normalized spacial score (nSPS) is 10.6. The van der Waals surface area contributed by atoms with Crippen molar-refractivity contribution in [3.05, 3.63) is 17.8 Å². The monoisotopic (exact) mass is 274 g/mol. The molecule has 1 heterocycles. The number of carbonyl (C=O) groups excluding carboxylic acids is 1. The van der Waals surface area contributed by atoms with Gasteiger partial charge in [0, 0.05) is 20.6 Å². The standard InChI is InChI=1S/C11H16F2N4O2/c1-17(2)11(18)8-3-4-10(16-15-8)14-5-6-19-7-9(12)13/h3-4,9H,5-7H2,1-2H3,(H,14,16). The minimum atomic E-state index is -2.46. The first-order chi connectivity index (χ1) is 9.00. The molecule has 0 aliphatic carbocycles. The van der Waals surface area contributed by atoms with Gasteiger partial charge in [0.25, 0.3) is 12.3 Å². The molecular formula is C11H16F2N4O2. The molecule has 0 saturated heterocycles. The lowest BCUT2D eigenvalue weighted by atomic mass is 10.3. The van der Waals surface area contributed by atoms with E-state index in [0.717, 1.165) is 0 Å². The molecule has 8 heteroatoms. The Hall–Kier alpha value is -1.83. The Morgan fingerprint density at radius 3 is 2.68 bits per heavy atom. The van der Waals surface area contributed by atoms with E-state index in [-0.39, 0.29) is 18.2 Å². The van der Waals surface area contributed by atoms with Crippen molar-refractivity contribution in [3.63, 3.8) is 0 Å². The quantitative estimate of drug-likeness (QED) is 0.747. The average molecular weight is 274 g/mol. The summed E-state index contributed by atoms with van der Waals surface area (Å²) in [5, 5.41) is 10.4. The Kier molecular flexibility index (Phi) is 6.07. The molecule has 0 fully saturated rings. The summed E-state index contributed by atoms with van der Waals surface area (Å²) in [5.41, 5.74) is 0.240. The van der Waals surface area contributed by atoms with Gasteiger partial charge in [-0.15, -0.1) is 10.2 Å². The van der Waals surface area contributed by atoms with Crippen LogP contribution in [0.25, 0.3) is 0 Å². The maximum Gasteiger partial charge on any atom is 0.273 e. The van der Waals surface area contributed by atoms with E-state index >= 15 is 0 Å². The molecule has 0 spiro atoms. The van der Waals surface area contributed by atoms with Crippen molar-refractivity contribution >= 4 is 11.7 Å². The smallest absolute Gasteiger partial charge is 0.273 e. The highest BCUT2D eigenvalue weighted by Gasteiger charge is 2.09. The van der Waals surface area contributed by atoms with Crippen molar-refractivity contribution < 1.29 is 18.3 Å². The lowest BCUT2D eigenvalue weighted by Gasteiger charge is -2.09. The van der Waals surface area contributed by atoms with Crippen LogP contribution in [0.5, 0.6) is 0 Å². The summed E-state index contributed by atoms with van der Waals surface area (Å²) in [6, 6.07) is 3.13. The second-order valence-electron chi connectivity index (χ2n) is 3.90. The molecule has 0 bridgehead atoms. The second-order valence-corrected chi connectivity index (χ2v) is 3.90. The molecule has 1 amide bonds. The molecule has 0 aromatic carbocycles. The van der Waals surface area contributed by atoms with Gasteiger partial charge in [-0.3, -0.25) is 4.79 Å². The van der Waals surface area contributed by atoms with E-state index in [2.05, 4.69) is 20.3 Å². The molecule has 0 aliphatic heterocycles. The molecule has 0 aliphatic rings. The number of halogens is 2. The zero-order chi connectivity index (χ0) is 14.3. The van der Waals surface area contributed by atoms with E-state index in [1.807, 2.05) is 0 Å². The first-order valence-corrected chi connectivity index (χ1v) is 5.66. The van der Waals surface area contributed by atoms with Crippen LogP contribution < -0.4 is 5.32 Å². The van der Waals surface area contributed by atoms with Gasteiger partial charge in [-0.2, -0.15) is 0 Å². The van der Waals surface area contributed by atoms with Gasteiger partial charge in [0.2, 0.25) is 0 Å². The molecule has 1 N–H and O–H groups in total. The second kappa shape index (κ2) is 7.57. The maximum absolute atomic E-state index is 11.8. The van der Waals surface area contributed by atoms with Crippen molar-refractivity contribution in [2.75, 3.05) is 39.2 Å². The van der Waals surface area contributed by atoms with Gasteiger partial charge in [-0.1, -0.05) is 0 Å². The first-order valence-electron chi connectivity index (χ1n) is 5.66. The molecule has 0 unspecified atom stereocenters. The van der Waals surface area contributed by atoms with E-state index in [9.17, 15) is 13.6 Å². The SMILES string of the molecule is CN(C)C(=O)c1ccc(NCCOCC(F)F)nn1. The highest BCUT2D eigenvalue weighted by molar-refractivity contribution is 5.91. The van der Waals surface area contributed by atoms with Gasteiger partial charge in [0.15, 0.2) is 5.69 Å². The zero-order valence-corrected chi connectivity index (χ0v) is 10.8. The summed E-state index contributed by atoms with van der Waals surface area (Å²) < 4.78 is 28.2. The number of alkyl halides is 2. The van der Waals surface area contributed by atoms with Gasteiger partial charge in [0.05, 0.1) is 6.61 Å². The molecule has 0 saturated carbocycles. The Labute approximate surface area is 109 Å².